The molecule has 0 N–H and O–H groups in total. The second-order valence-electron chi connectivity index (χ2n) is 3.20. The van der Waals surface area contributed by atoms with Gasteiger partial charge < -0.3 is 4.90 Å². The second kappa shape index (κ2) is 5.51. The largest absolute Gasteiger partial charge is 0.340 e. The van der Waals surface area contributed by atoms with Crippen LogP contribution in [0.25, 0.3) is 0 Å². The molecular formula is C10H14BrNOS. The minimum Gasteiger partial charge on any atom is -0.340 e. The van der Waals surface area contributed by atoms with Gasteiger partial charge in [-0.2, -0.15) is 11.3 Å². The highest BCUT2D eigenvalue weighted by Crippen LogP contribution is 2.12. The zero-order valence-corrected chi connectivity index (χ0v) is 10.8. The Morgan fingerprint density at radius 3 is 2.93 bits per heavy atom. The van der Waals surface area contributed by atoms with Gasteiger partial charge in [0.25, 0.3) is 0 Å². The van der Waals surface area contributed by atoms with Gasteiger partial charge in [-0.3, -0.25) is 4.79 Å². The maximum atomic E-state index is 11.7. The Morgan fingerprint density at radius 2 is 2.43 bits per heavy atom. The molecule has 1 aromatic rings. The molecule has 0 aliphatic carbocycles. The first kappa shape index (κ1) is 11.7. The third-order valence-corrected chi connectivity index (χ3v) is 3.77. The minimum atomic E-state index is -0.0499. The molecule has 0 spiro atoms. The summed E-state index contributed by atoms with van der Waals surface area (Å²) < 4.78 is 0. The molecule has 0 radical (unpaired) electrons. The lowest BCUT2D eigenvalue weighted by Gasteiger charge is -2.19. The normalized spacial score (nSPS) is 12.5. The second-order valence-corrected chi connectivity index (χ2v) is 5.09. The number of alkyl halides is 1. The molecule has 14 heavy (non-hydrogen) atoms. The molecule has 1 atom stereocenters. The standard InChI is InChI=1S/C10H14BrNOS/c1-3-9(11)10(13)12(2)6-8-4-5-14-7-8/h4-5,7,9H,3,6H2,1-2H3. The lowest BCUT2D eigenvalue weighted by molar-refractivity contribution is -0.129. The van der Waals surface area contributed by atoms with E-state index >= 15 is 0 Å². The van der Waals surface area contributed by atoms with E-state index in [2.05, 4.69) is 21.3 Å². The Hall–Kier alpha value is -0.350. The molecule has 1 aromatic heterocycles. The van der Waals surface area contributed by atoms with E-state index in [-0.39, 0.29) is 10.7 Å². The van der Waals surface area contributed by atoms with Crippen molar-refractivity contribution in [2.24, 2.45) is 0 Å². The van der Waals surface area contributed by atoms with Crippen LogP contribution in [-0.4, -0.2) is 22.7 Å². The highest BCUT2D eigenvalue weighted by Gasteiger charge is 2.16. The van der Waals surface area contributed by atoms with Crippen molar-refractivity contribution < 1.29 is 4.79 Å². The predicted molar refractivity (Wildman–Crippen MR) is 63.8 cm³/mol. The fraction of sp³-hybridized carbons (Fsp3) is 0.500. The van der Waals surface area contributed by atoms with E-state index in [1.54, 1.807) is 16.2 Å². The van der Waals surface area contributed by atoms with E-state index in [0.717, 1.165) is 6.42 Å². The minimum absolute atomic E-state index is 0.0499. The van der Waals surface area contributed by atoms with E-state index < -0.39 is 0 Å². The number of amides is 1. The average Bonchev–Trinajstić information content (AvgIpc) is 2.68. The van der Waals surface area contributed by atoms with Gasteiger partial charge in [0, 0.05) is 13.6 Å². The number of rotatable bonds is 4. The molecule has 1 unspecified atom stereocenters. The molecule has 0 aromatic carbocycles. The first-order valence-electron chi connectivity index (χ1n) is 4.55. The van der Waals surface area contributed by atoms with Crippen LogP contribution in [0.5, 0.6) is 0 Å². The van der Waals surface area contributed by atoms with Crippen molar-refractivity contribution in [1.82, 2.24) is 4.90 Å². The van der Waals surface area contributed by atoms with E-state index in [1.165, 1.54) is 5.56 Å². The van der Waals surface area contributed by atoms with Crippen LogP contribution in [0.1, 0.15) is 18.9 Å². The highest BCUT2D eigenvalue weighted by molar-refractivity contribution is 9.10. The number of nitrogens with zero attached hydrogens (tertiary/aromatic N) is 1. The van der Waals surface area contributed by atoms with Gasteiger partial charge in [-0.25, -0.2) is 0 Å². The molecular weight excluding hydrogens is 262 g/mol. The smallest absolute Gasteiger partial charge is 0.236 e. The summed E-state index contributed by atoms with van der Waals surface area (Å²) in [5, 5.41) is 4.10. The quantitative estimate of drug-likeness (QED) is 0.774. The Kier molecular flexibility index (Phi) is 4.62. The summed E-state index contributed by atoms with van der Waals surface area (Å²) >= 11 is 5.02. The number of hydrogen-bond acceptors (Lipinski definition) is 2. The lowest BCUT2D eigenvalue weighted by atomic mass is 10.2. The van der Waals surface area contributed by atoms with E-state index in [1.807, 2.05) is 25.4 Å². The van der Waals surface area contributed by atoms with Gasteiger partial charge >= 0.3 is 0 Å². The number of halogens is 1. The van der Waals surface area contributed by atoms with Gasteiger partial charge in [-0.15, -0.1) is 0 Å². The molecule has 0 aliphatic rings. The summed E-state index contributed by atoms with van der Waals surface area (Å²) in [6.45, 7) is 2.69. The van der Waals surface area contributed by atoms with Crippen LogP contribution in [0.3, 0.4) is 0 Å². The third-order valence-electron chi connectivity index (χ3n) is 2.00. The molecule has 78 valence electrons. The first-order valence-corrected chi connectivity index (χ1v) is 6.41. The average molecular weight is 276 g/mol. The van der Waals surface area contributed by atoms with Crippen LogP contribution in [0.15, 0.2) is 16.8 Å². The third kappa shape index (κ3) is 3.10. The Morgan fingerprint density at radius 1 is 1.71 bits per heavy atom. The topological polar surface area (TPSA) is 20.3 Å². The van der Waals surface area contributed by atoms with Crippen molar-refractivity contribution in [3.8, 4) is 0 Å². The van der Waals surface area contributed by atoms with Crippen molar-refractivity contribution in [2.75, 3.05) is 7.05 Å². The molecule has 1 amide bonds. The zero-order valence-electron chi connectivity index (χ0n) is 8.37. The maximum Gasteiger partial charge on any atom is 0.236 e. The van der Waals surface area contributed by atoms with Crippen LogP contribution in [0.4, 0.5) is 0 Å². The van der Waals surface area contributed by atoms with Crippen LogP contribution in [0, 0.1) is 0 Å². The van der Waals surface area contributed by atoms with Crippen molar-refractivity contribution >= 4 is 33.2 Å². The molecule has 2 nitrogen and oxygen atoms in total. The molecule has 1 heterocycles. The number of carbonyl (C=O) groups is 1. The van der Waals surface area contributed by atoms with Gasteiger partial charge in [-0.05, 0) is 28.8 Å². The van der Waals surface area contributed by atoms with Crippen LogP contribution in [-0.2, 0) is 11.3 Å². The number of carbonyl (C=O) groups excluding carboxylic acids is 1. The first-order chi connectivity index (χ1) is 6.65. The monoisotopic (exact) mass is 275 g/mol. The van der Waals surface area contributed by atoms with Crippen LogP contribution in [0.2, 0.25) is 0 Å². The van der Waals surface area contributed by atoms with Crippen molar-refractivity contribution in [1.29, 1.82) is 0 Å². The van der Waals surface area contributed by atoms with Crippen molar-refractivity contribution in [2.45, 2.75) is 24.7 Å². The van der Waals surface area contributed by atoms with Gasteiger partial charge in [0.05, 0.1) is 4.83 Å². The SMILES string of the molecule is CCC(Br)C(=O)N(C)Cc1ccsc1. The molecule has 0 aliphatic heterocycles. The molecule has 1 rings (SSSR count). The zero-order chi connectivity index (χ0) is 10.6. The molecule has 0 fully saturated rings. The molecule has 0 saturated heterocycles. The molecule has 4 heteroatoms. The fourth-order valence-electron chi connectivity index (χ4n) is 1.15. The maximum absolute atomic E-state index is 11.7. The van der Waals surface area contributed by atoms with Gasteiger partial charge in [0.15, 0.2) is 0 Å². The summed E-state index contributed by atoms with van der Waals surface area (Å²) in [7, 11) is 1.84. The Balaban J connectivity index is 2.50. The summed E-state index contributed by atoms with van der Waals surface area (Å²) in [5.74, 6) is 0.152. The van der Waals surface area contributed by atoms with Crippen LogP contribution < -0.4 is 0 Å². The molecule has 0 saturated carbocycles. The van der Waals surface area contributed by atoms with Crippen molar-refractivity contribution in [3.05, 3.63) is 22.4 Å². The fourth-order valence-corrected chi connectivity index (χ4v) is 2.16. The van der Waals surface area contributed by atoms with Gasteiger partial charge in [0.1, 0.15) is 0 Å². The number of thiophene rings is 1. The van der Waals surface area contributed by atoms with Gasteiger partial charge in [0.2, 0.25) is 5.91 Å². The lowest BCUT2D eigenvalue weighted by Crippen LogP contribution is -2.32. The number of hydrogen-bond donors (Lipinski definition) is 0. The van der Waals surface area contributed by atoms with Crippen LogP contribution >= 0.6 is 27.3 Å². The summed E-state index contributed by atoms with van der Waals surface area (Å²) in [6, 6.07) is 2.05. The van der Waals surface area contributed by atoms with Gasteiger partial charge in [-0.1, -0.05) is 22.9 Å². The van der Waals surface area contributed by atoms with Crippen molar-refractivity contribution in [3.63, 3.8) is 0 Å². The van der Waals surface area contributed by atoms with E-state index in [4.69, 9.17) is 0 Å². The summed E-state index contributed by atoms with van der Waals surface area (Å²) in [5.41, 5.74) is 1.20. The molecule has 0 bridgehead atoms. The Labute approximate surface area is 97.1 Å². The Bertz CT molecular complexity index is 286. The summed E-state index contributed by atoms with van der Waals surface area (Å²) in [4.78, 5) is 13.4. The predicted octanol–water partition coefficient (Wildman–Crippen LogP) is 2.88. The van der Waals surface area contributed by atoms with E-state index in [9.17, 15) is 4.79 Å². The summed E-state index contributed by atoms with van der Waals surface area (Å²) in [6.07, 6.45) is 0.826. The van der Waals surface area contributed by atoms with E-state index in [0.29, 0.717) is 6.54 Å². The highest BCUT2D eigenvalue weighted by atomic mass is 79.9.